The van der Waals surface area contributed by atoms with E-state index >= 15 is 0 Å². The molecule has 2 rings (SSSR count). The zero-order chi connectivity index (χ0) is 13.0. The van der Waals surface area contributed by atoms with Crippen LogP contribution >= 0.6 is 11.6 Å². The molecular weight excluding hydrogens is 246 g/mol. The van der Waals surface area contributed by atoms with Crippen LogP contribution in [0.15, 0.2) is 42.7 Å². The van der Waals surface area contributed by atoms with Gasteiger partial charge in [0.1, 0.15) is 11.5 Å². The van der Waals surface area contributed by atoms with Crippen LogP contribution in [0.4, 0.5) is 0 Å². The van der Waals surface area contributed by atoms with E-state index in [9.17, 15) is 0 Å². The average molecular weight is 262 g/mol. The molecule has 0 unspecified atom stereocenters. The van der Waals surface area contributed by atoms with E-state index in [1.807, 2.05) is 18.2 Å². The van der Waals surface area contributed by atoms with Gasteiger partial charge in [0.05, 0.1) is 6.20 Å². The topological polar surface area (TPSA) is 22.1 Å². The molecule has 2 aromatic rings. The Hall–Kier alpha value is -1.54. The van der Waals surface area contributed by atoms with Gasteiger partial charge in [-0.2, -0.15) is 0 Å². The first-order chi connectivity index (χ1) is 8.69. The summed E-state index contributed by atoms with van der Waals surface area (Å²) in [7, 11) is 0. The van der Waals surface area contributed by atoms with E-state index in [0.717, 1.165) is 11.3 Å². The molecule has 0 radical (unpaired) electrons. The van der Waals surface area contributed by atoms with Crippen molar-refractivity contribution >= 4 is 11.6 Å². The number of nitrogens with zero attached hydrogens (tertiary/aromatic N) is 1. The van der Waals surface area contributed by atoms with E-state index in [4.69, 9.17) is 16.3 Å². The van der Waals surface area contributed by atoms with Gasteiger partial charge in [0, 0.05) is 12.1 Å². The molecule has 3 heteroatoms. The van der Waals surface area contributed by atoms with Crippen LogP contribution in [0.3, 0.4) is 0 Å². The number of benzene rings is 1. The summed E-state index contributed by atoms with van der Waals surface area (Å²) in [4.78, 5) is 4.09. The van der Waals surface area contributed by atoms with Gasteiger partial charge in [0.15, 0.2) is 0 Å². The molecule has 0 aliphatic rings. The second-order valence-electron chi connectivity index (χ2n) is 4.49. The Morgan fingerprint density at radius 1 is 1.11 bits per heavy atom. The predicted molar refractivity (Wildman–Crippen MR) is 74.4 cm³/mol. The number of aromatic nitrogens is 1. The molecule has 0 atom stereocenters. The fourth-order valence-electron chi connectivity index (χ4n) is 1.65. The first kappa shape index (κ1) is 12.9. The standard InChI is InChI=1S/C15H16ClNO/c1-11(2)13-3-5-14(6-4-13)18-15-7-12(8-16)9-17-10-15/h3-7,9-11H,8H2,1-2H3. The van der Waals surface area contributed by atoms with Crippen molar-refractivity contribution in [1.29, 1.82) is 0 Å². The van der Waals surface area contributed by atoms with E-state index in [0.29, 0.717) is 17.5 Å². The van der Waals surface area contributed by atoms with E-state index in [1.165, 1.54) is 5.56 Å². The molecule has 1 aromatic carbocycles. The third kappa shape index (κ3) is 3.23. The van der Waals surface area contributed by atoms with Crippen molar-refractivity contribution in [1.82, 2.24) is 4.98 Å². The zero-order valence-corrected chi connectivity index (χ0v) is 11.3. The molecule has 0 saturated heterocycles. The predicted octanol–water partition coefficient (Wildman–Crippen LogP) is 4.74. The number of ether oxygens (including phenoxy) is 1. The van der Waals surface area contributed by atoms with Gasteiger partial charge in [0.25, 0.3) is 0 Å². The van der Waals surface area contributed by atoms with E-state index in [2.05, 4.69) is 31.0 Å². The Morgan fingerprint density at radius 2 is 1.83 bits per heavy atom. The molecular formula is C15H16ClNO. The van der Waals surface area contributed by atoms with Gasteiger partial charge in [-0.3, -0.25) is 4.98 Å². The lowest BCUT2D eigenvalue weighted by Gasteiger charge is -2.08. The number of hydrogen-bond donors (Lipinski definition) is 0. The van der Waals surface area contributed by atoms with Crippen molar-refractivity contribution in [3.63, 3.8) is 0 Å². The number of rotatable bonds is 4. The van der Waals surface area contributed by atoms with Crippen molar-refractivity contribution in [2.75, 3.05) is 0 Å². The van der Waals surface area contributed by atoms with E-state index in [1.54, 1.807) is 12.4 Å². The van der Waals surface area contributed by atoms with Crippen LogP contribution in [0.1, 0.15) is 30.9 Å². The van der Waals surface area contributed by atoms with Gasteiger partial charge in [-0.05, 0) is 35.2 Å². The van der Waals surface area contributed by atoms with Gasteiger partial charge >= 0.3 is 0 Å². The maximum atomic E-state index is 5.76. The molecule has 0 bridgehead atoms. The Balaban J connectivity index is 2.13. The SMILES string of the molecule is CC(C)c1ccc(Oc2cncc(CCl)c2)cc1. The largest absolute Gasteiger partial charge is 0.456 e. The number of halogens is 1. The minimum atomic E-state index is 0.441. The molecule has 1 heterocycles. The molecule has 1 aromatic heterocycles. The lowest BCUT2D eigenvalue weighted by Crippen LogP contribution is -1.90. The second-order valence-corrected chi connectivity index (χ2v) is 4.76. The van der Waals surface area contributed by atoms with Gasteiger partial charge in [0.2, 0.25) is 0 Å². The fourth-order valence-corrected chi connectivity index (χ4v) is 1.80. The monoisotopic (exact) mass is 261 g/mol. The molecule has 0 spiro atoms. The molecule has 0 N–H and O–H groups in total. The summed E-state index contributed by atoms with van der Waals surface area (Å²) in [5, 5.41) is 0. The van der Waals surface area contributed by atoms with Crippen LogP contribution in [0.2, 0.25) is 0 Å². The first-order valence-electron chi connectivity index (χ1n) is 5.96. The summed E-state index contributed by atoms with van der Waals surface area (Å²) >= 11 is 5.76. The van der Waals surface area contributed by atoms with Gasteiger partial charge in [-0.1, -0.05) is 26.0 Å². The minimum absolute atomic E-state index is 0.441. The van der Waals surface area contributed by atoms with Crippen LogP contribution in [0.5, 0.6) is 11.5 Å². The van der Waals surface area contributed by atoms with Crippen LogP contribution in [-0.2, 0) is 5.88 Å². The second kappa shape index (κ2) is 5.87. The molecule has 0 fully saturated rings. The van der Waals surface area contributed by atoms with Gasteiger partial charge in [-0.25, -0.2) is 0 Å². The Bertz CT molecular complexity index is 508. The molecule has 0 amide bonds. The highest BCUT2D eigenvalue weighted by molar-refractivity contribution is 6.17. The van der Waals surface area contributed by atoms with Crippen molar-refractivity contribution in [2.24, 2.45) is 0 Å². The van der Waals surface area contributed by atoms with Crippen molar-refractivity contribution in [2.45, 2.75) is 25.6 Å². The number of alkyl halides is 1. The highest BCUT2D eigenvalue weighted by atomic mass is 35.5. The highest BCUT2D eigenvalue weighted by Crippen LogP contribution is 2.24. The Morgan fingerprint density at radius 3 is 2.44 bits per heavy atom. The number of hydrogen-bond acceptors (Lipinski definition) is 2. The molecule has 0 saturated carbocycles. The molecule has 2 nitrogen and oxygen atoms in total. The third-order valence-electron chi connectivity index (χ3n) is 2.71. The number of pyridine rings is 1. The highest BCUT2D eigenvalue weighted by Gasteiger charge is 2.02. The summed E-state index contributed by atoms with van der Waals surface area (Å²) in [5.74, 6) is 2.50. The quantitative estimate of drug-likeness (QED) is 0.742. The molecule has 94 valence electrons. The molecule has 0 aliphatic carbocycles. The molecule has 18 heavy (non-hydrogen) atoms. The van der Waals surface area contributed by atoms with E-state index in [-0.39, 0.29) is 0 Å². The van der Waals surface area contributed by atoms with Crippen LogP contribution in [0.25, 0.3) is 0 Å². The maximum Gasteiger partial charge on any atom is 0.146 e. The molecule has 0 aliphatic heterocycles. The maximum absolute atomic E-state index is 5.76. The summed E-state index contributed by atoms with van der Waals surface area (Å²) in [6.45, 7) is 4.34. The Labute approximate surface area is 113 Å². The van der Waals surface area contributed by atoms with Gasteiger partial charge in [-0.15, -0.1) is 11.6 Å². The fraction of sp³-hybridized carbons (Fsp3) is 0.267. The summed E-state index contributed by atoms with van der Waals surface area (Å²) < 4.78 is 5.73. The zero-order valence-electron chi connectivity index (χ0n) is 10.6. The minimum Gasteiger partial charge on any atom is -0.456 e. The Kier molecular flexibility index (Phi) is 4.21. The summed E-state index contributed by atoms with van der Waals surface area (Å²) in [6, 6.07) is 10.0. The van der Waals surface area contributed by atoms with Gasteiger partial charge < -0.3 is 4.74 Å². The normalized spacial score (nSPS) is 10.7. The first-order valence-corrected chi connectivity index (χ1v) is 6.50. The van der Waals surface area contributed by atoms with Crippen LogP contribution in [-0.4, -0.2) is 4.98 Å². The van der Waals surface area contributed by atoms with Crippen molar-refractivity contribution in [3.05, 3.63) is 53.9 Å². The van der Waals surface area contributed by atoms with Crippen LogP contribution < -0.4 is 4.74 Å². The van der Waals surface area contributed by atoms with E-state index < -0.39 is 0 Å². The third-order valence-corrected chi connectivity index (χ3v) is 3.02. The summed E-state index contributed by atoms with van der Waals surface area (Å²) in [5.41, 5.74) is 2.25. The van der Waals surface area contributed by atoms with Crippen molar-refractivity contribution in [3.8, 4) is 11.5 Å². The lowest BCUT2D eigenvalue weighted by atomic mass is 10.0. The van der Waals surface area contributed by atoms with Crippen LogP contribution in [0, 0.1) is 0 Å². The smallest absolute Gasteiger partial charge is 0.146 e. The lowest BCUT2D eigenvalue weighted by molar-refractivity contribution is 0.479. The van der Waals surface area contributed by atoms with Crippen molar-refractivity contribution < 1.29 is 4.74 Å². The summed E-state index contributed by atoms with van der Waals surface area (Å²) in [6.07, 6.45) is 3.42. The average Bonchev–Trinajstić information content (AvgIpc) is 2.39.